The maximum absolute atomic E-state index is 13.2. The summed E-state index contributed by atoms with van der Waals surface area (Å²) in [5.74, 6) is -0.642. The van der Waals surface area contributed by atoms with Gasteiger partial charge in [0.1, 0.15) is 0 Å². The van der Waals surface area contributed by atoms with Crippen LogP contribution in [0.4, 0.5) is 0 Å². The molecular formula is C22H27ClN4O3S. The number of likely N-dealkylation sites (tertiary alicyclic amines) is 1. The summed E-state index contributed by atoms with van der Waals surface area (Å²) in [6.45, 7) is 1.46. The Bertz CT molecular complexity index is 902. The first-order valence-electron chi connectivity index (χ1n) is 10.8. The van der Waals surface area contributed by atoms with Gasteiger partial charge in [-0.25, -0.2) is 0 Å². The molecule has 3 unspecified atom stereocenters. The van der Waals surface area contributed by atoms with Gasteiger partial charge in [-0.2, -0.15) is 0 Å². The highest BCUT2D eigenvalue weighted by Crippen LogP contribution is 2.35. The second-order valence-corrected chi connectivity index (χ2v) is 9.48. The molecule has 3 atom stereocenters. The van der Waals surface area contributed by atoms with E-state index >= 15 is 0 Å². The fourth-order valence-electron chi connectivity index (χ4n) is 4.98. The van der Waals surface area contributed by atoms with Crippen LogP contribution in [0.2, 0.25) is 5.02 Å². The van der Waals surface area contributed by atoms with Crippen molar-refractivity contribution < 1.29 is 14.4 Å². The van der Waals surface area contributed by atoms with Gasteiger partial charge in [-0.15, -0.1) is 0 Å². The van der Waals surface area contributed by atoms with E-state index in [4.69, 9.17) is 29.6 Å². The SMILES string of the molecule is NC(=O)C1CCN(C(=O)C2CCC3C(=O)N(Cc4ccccc4Cl)C(=S)NC3C2)CC1. The van der Waals surface area contributed by atoms with Crippen LogP contribution >= 0.6 is 23.8 Å². The second-order valence-electron chi connectivity index (χ2n) is 8.69. The first-order chi connectivity index (χ1) is 14.8. The third-order valence-corrected chi connectivity index (χ3v) is 7.54. The van der Waals surface area contributed by atoms with Crippen LogP contribution in [0, 0.1) is 17.8 Å². The molecule has 0 aromatic heterocycles. The van der Waals surface area contributed by atoms with Gasteiger partial charge in [0, 0.05) is 36.0 Å². The lowest BCUT2D eigenvalue weighted by Crippen LogP contribution is -2.61. The molecule has 31 heavy (non-hydrogen) atoms. The number of fused-ring (bicyclic) bond motifs is 1. The lowest BCUT2D eigenvalue weighted by atomic mass is 9.76. The van der Waals surface area contributed by atoms with E-state index in [0.29, 0.717) is 61.9 Å². The van der Waals surface area contributed by atoms with Crippen LogP contribution in [0.25, 0.3) is 0 Å². The van der Waals surface area contributed by atoms with Crippen molar-refractivity contribution in [2.75, 3.05) is 13.1 Å². The highest BCUT2D eigenvalue weighted by Gasteiger charge is 2.45. The molecule has 166 valence electrons. The molecule has 1 aliphatic carbocycles. The van der Waals surface area contributed by atoms with E-state index < -0.39 is 0 Å². The van der Waals surface area contributed by atoms with Crippen molar-refractivity contribution in [1.82, 2.24) is 15.1 Å². The molecule has 2 saturated heterocycles. The molecule has 9 heteroatoms. The van der Waals surface area contributed by atoms with Gasteiger partial charge in [0.25, 0.3) is 0 Å². The molecule has 1 aromatic rings. The molecule has 4 rings (SSSR count). The normalized spacial score (nSPS) is 26.9. The van der Waals surface area contributed by atoms with E-state index in [1.165, 1.54) is 0 Å². The zero-order chi connectivity index (χ0) is 22.1. The monoisotopic (exact) mass is 462 g/mol. The topological polar surface area (TPSA) is 95.7 Å². The fourth-order valence-corrected chi connectivity index (χ4v) is 5.48. The quantitative estimate of drug-likeness (QED) is 0.668. The van der Waals surface area contributed by atoms with Gasteiger partial charge >= 0.3 is 0 Å². The van der Waals surface area contributed by atoms with Gasteiger partial charge in [0.15, 0.2) is 5.11 Å². The number of carbonyl (C=O) groups excluding carboxylic acids is 3. The fraction of sp³-hybridized carbons (Fsp3) is 0.545. The number of carbonyl (C=O) groups is 3. The predicted molar refractivity (Wildman–Crippen MR) is 121 cm³/mol. The van der Waals surface area contributed by atoms with Gasteiger partial charge in [-0.1, -0.05) is 29.8 Å². The summed E-state index contributed by atoms with van der Waals surface area (Å²) >= 11 is 11.8. The Morgan fingerprint density at radius 1 is 1.13 bits per heavy atom. The Morgan fingerprint density at radius 2 is 1.84 bits per heavy atom. The van der Waals surface area contributed by atoms with E-state index in [9.17, 15) is 14.4 Å². The minimum atomic E-state index is -0.285. The second kappa shape index (κ2) is 9.12. The number of nitrogens with zero attached hydrogens (tertiary/aromatic N) is 2. The average Bonchev–Trinajstić information content (AvgIpc) is 2.77. The summed E-state index contributed by atoms with van der Waals surface area (Å²) in [6, 6.07) is 7.30. The number of nitrogens with one attached hydrogen (secondary N) is 1. The van der Waals surface area contributed by atoms with Crippen molar-refractivity contribution in [2.24, 2.45) is 23.5 Å². The zero-order valence-corrected chi connectivity index (χ0v) is 18.8. The van der Waals surface area contributed by atoms with Gasteiger partial charge < -0.3 is 16.0 Å². The molecule has 3 aliphatic rings. The maximum atomic E-state index is 13.2. The Labute approximate surface area is 192 Å². The Balaban J connectivity index is 1.37. The van der Waals surface area contributed by atoms with Gasteiger partial charge in [-0.3, -0.25) is 19.3 Å². The third kappa shape index (κ3) is 4.55. The number of halogens is 1. The molecule has 7 nitrogen and oxygen atoms in total. The minimum Gasteiger partial charge on any atom is -0.369 e. The van der Waals surface area contributed by atoms with E-state index in [-0.39, 0.29) is 41.5 Å². The first-order valence-corrected chi connectivity index (χ1v) is 11.6. The summed E-state index contributed by atoms with van der Waals surface area (Å²) < 4.78 is 0. The van der Waals surface area contributed by atoms with Crippen LogP contribution in [0.1, 0.15) is 37.7 Å². The smallest absolute Gasteiger partial charge is 0.234 e. The van der Waals surface area contributed by atoms with Crippen LogP contribution in [-0.4, -0.2) is 51.8 Å². The highest BCUT2D eigenvalue weighted by atomic mass is 35.5. The van der Waals surface area contributed by atoms with Gasteiger partial charge in [0.2, 0.25) is 17.7 Å². The van der Waals surface area contributed by atoms with Crippen molar-refractivity contribution in [3.63, 3.8) is 0 Å². The molecular weight excluding hydrogens is 436 g/mol. The summed E-state index contributed by atoms with van der Waals surface area (Å²) in [5, 5.41) is 4.31. The van der Waals surface area contributed by atoms with E-state index in [1.807, 2.05) is 23.1 Å². The highest BCUT2D eigenvalue weighted by molar-refractivity contribution is 7.80. The van der Waals surface area contributed by atoms with Crippen molar-refractivity contribution >= 4 is 46.7 Å². The summed E-state index contributed by atoms with van der Waals surface area (Å²) in [6.07, 6.45) is 3.16. The number of amides is 3. The minimum absolute atomic E-state index is 0.00170. The van der Waals surface area contributed by atoms with Crippen LogP contribution in [-0.2, 0) is 20.9 Å². The molecule has 3 fully saturated rings. The van der Waals surface area contributed by atoms with Crippen LogP contribution in [0.5, 0.6) is 0 Å². The lowest BCUT2D eigenvalue weighted by Gasteiger charge is -2.44. The predicted octanol–water partition coefficient (Wildman–Crippen LogP) is 2.07. The number of piperidine rings is 1. The number of hydrogen-bond donors (Lipinski definition) is 2. The number of nitrogens with two attached hydrogens (primary N) is 1. The standard InChI is InChI=1S/C22H27ClN4O3S/c23-17-4-2-1-3-15(17)12-27-21(30)16-6-5-14(11-18(16)25-22(27)31)20(29)26-9-7-13(8-10-26)19(24)28/h1-4,13-14,16,18H,5-12H2,(H2,24,28)(H,25,31). The summed E-state index contributed by atoms with van der Waals surface area (Å²) in [5.41, 5.74) is 6.24. The van der Waals surface area contributed by atoms with Gasteiger partial charge in [-0.05, 0) is 56.0 Å². The number of primary amides is 1. The third-order valence-electron chi connectivity index (χ3n) is 6.83. The first kappa shape index (κ1) is 22.0. The number of rotatable bonds is 4. The Hall–Kier alpha value is -2.19. The number of benzene rings is 1. The maximum Gasteiger partial charge on any atom is 0.234 e. The molecule has 0 spiro atoms. The van der Waals surface area contributed by atoms with Gasteiger partial charge in [0.05, 0.1) is 12.5 Å². The molecule has 0 bridgehead atoms. The summed E-state index contributed by atoms with van der Waals surface area (Å²) in [7, 11) is 0. The molecule has 2 heterocycles. The summed E-state index contributed by atoms with van der Waals surface area (Å²) in [4.78, 5) is 41.0. The van der Waals surface area contributed by atoms with Crippen LogP contribution < -0.4 is 11.1 Å². The number of thiocarbonyl (C=S) groups is 1. The Kier molecular flexibility index (Phi) is 6.48. The molecule has 3 amide bonds. The largest absolute Gasteiger partial charge is 0.369 e. The molecule has 0 radical (unpaired) electrons. The van der Waals surface area contributed by atoms with Crippen molar-refractivity contribution in [3.8, 4) is 0 Å². The van der Waals surface area contributed by atoms with E-state index in [2.05, 4.69) is 5.32 Å². The van der Waals surface area contributed by atoms with Crippen molar-refractivity contribution in [2.45, 2.75) is 44.7 Å². The van der Waals surface area contributed by atoms with Crippen LogP contribution in [0.15, 0.2) is 24.3 Å². The number of hydrogen-bond acceptors (Lipinski definition) is 4. The molecule has 1 saturated carbocycles. The van der Waals surface area contributed by atoms with Crippen molar-refractivity contribution in [1.29, 1.82) is 0 Å². The van der Waals surface area contributed by atoms with E-state index in [0.717, 1.165) is 5.56 Å². The molecule has 2 aliphatic heterocycles. The van der Waals surface area contributed by atoms with E-state index in [1.54, 1.807) is 11.0 Å². The Morgan fingerprint density at radius 3 is 2.52 bits per heavy atom. The molecule has 1 aromatic carbocycles. The molecule has 3 N–H and O–H groups in total. The zero-order valence-electron chi connectivity index (χ0n) is 17.3. The van der Waals surface area contributed by atoms with Crippen LogP contribution in [0.3, 0.4) is 0 Å². The lowest BCUT2D eigenvalue weighted by molar-refractivity contribution is -0.143. The van der Waals surface area contributed by atoms with Crippen molar-refractivity contribution in [3.05, 3.63) is 34.9 Å². The average molecular weight is 463 g/mol.